The monoisotopic (exact) mass is 442 g/mol. The van der Waals surface area contributed by atoms with E-state index in [1.54, 1.807) is 0 Å². The Morgan fingerprint density at radius 1 is 0.586 bits per heavy atom. The van der Waals surface area contributed by atoms with Gasteiger partial charge in [0.25, 0.3) is 0 Å². The number of nitrogens with one attached hydrogen (secondary N) is 2. The van der Waals surface area contributed by atoms with Crippen molar-refractivity contribution in [3.63, 3.8) is 0 Å². The summed E-state index contributed by atoms with van der Waals surface area (Å²) in [6.07, 6.45) is 0. The van der Waals surface area contributed by atoms with Gasteiger partial charge in [0.1, 0.15) is 0 Å². The molecule has 0 heterocycles. The highest BCUT2D eigenvalue weighted by Gasteiger charge is 2.19. The fraction of sp³-hybridized carbons (Fsp3) is 0. The number of hydrogen-bond donors (Lipinski definition) is 2. The van der Waals surface area contributed by atoms with Gasteiger partial charge in [-0.2, -0.15) is 0 Å². The van der Waals surface area contributed by atoms with Crippen molar-refractivity contribution in [3.8, 4) is 0 Å². The third kappa shape index (κ3) is 4.39. The molecule has 3 nitrogen and oxygen atoms in total. The van der Waals surface area contributed by atoms with Gasteiger partial charge in [-0.3, -0.25) is 4.79 Å². The van der Waals surface area contributed by atoms with Crippen LogP contribution in [0.25, 0.3) is 0 Å². The van der Waals surface area contributed by atoms with Crippen molar-refractivity contribution >= 4 is 44.5 Å². The molecule has 142 valence electrons. The number of ketones is 1. The predicted molar refractivity (Wildman–Crippen MR) is 123 cm³/mol. The van der Waals surface area contributed by atoms with Crippen LogP contribution < -0.4 is 10.6 Å². The van der Waals surface area contributed by atoms with E-state index >= 15 is 0 Å². The van der Waals surface area contributed by atoms with Gasteiger partial charge in [0, 0.05) is 27.0 Å². The van der Waals surface area contributed by atoms with E-state index in [1.165, 1.54) is 0 Å². The summed E-state index contributed by atoms with van der Waals surface area (Å²) in [7, 11) is 0. The van der Waals surface area contributed by atoms with E-state index in [1.807, 2.05) is 103 Å². The lowest BCUT2D eigenvalue weighted by atomic mass is 10.00. The molecule has 4 aromatic rings. The summed E-state index contributed by atoms with van der Waals surface area (Å²) in [4.78, 5) is 13.3. The molecular formula is C25H19BrN2O. The highest BCUT2D eigenvalue weighted by atomic mass is 79.9. The van der Waals surface area contributed by atoms with E-state index in [2.05, 4.69) is 26.6 Å². The van der Waals surface area contributed by atoms with E-state index in [-0.39, 0.29) is 5.78 Å². The number of para-hydroxylation sites is 2. The Hall–Kier alpha value is -3.37. The van der Waals surface area contributed by atoms with Crippen molar-refractivity contribution in [1.29, 1.82) is 0 Å². The normalized spacial score (nSPS) is 10.4. The molecule has 4 heteroatoms. The molecule has 0 aliphatic carbocycles. The third-order valence-electron chi connectivity index (χ3n) is 4.52. The molecule has 2 N–H and O–H groups in total. The van der Waals surface area contributed by atoms with Gasteiger partial charge >= 0.3 is 0 Å². The minimum Gasteiger partial charge on any atom is -0.353 e. The second kappa shape index (κ2) is 8.76. The van der Waals surface area contributed by atoms with Gasteiger partial charge in [-0.25, -0.2) is 0 Å². The van der Waals surface area contributed by atoms with Crippen molar-refractivity contribution < 1.29 is 4.79 Å². The summed E-state index contributed by atoms with van der Waals surface area (Å²) in [5.41, 5.74) is 4.63. The van der Waals surface area contributed by atoms with Crippen molar-refractivity contribution in [2.75, 3.05) is 10.6 Å². The van der Waals surface area contributed by atoms with Crippen molar-refractivity contribution in [2.24, 2.45) is 0 Å². The molecule has 0 saturated carbocycles. The Balaban J connectivity index is 1.84. The van der Waals surface area contributed by atoms with Crippen LogP contribution in [0.15, 0.2) is 108 Å². The first-order chi connectivity index (χ1) is 14.2. The first-order valence-electron chi connectivity index (χ1n) is 9.29. The van der Waals surface area contributed by atoms with Crippen LogP contribution in [0.3, 0.4) is 0 Å². The summed E-state index contributed by atoms with van der Waals surface area (Å²) in [5, 5.41) is 6.89. The second-order valence-electron chi connectivity index (χ2n) is 6.52. The van der Waals surface area contributed by atoms with Gasteiger partial charge in [0.05, 0.1) is 11.4 Å². The molecule has 0 aliphatic heterocycles. The van der Waals surface area contributed by atoms with Gasteiger partial charge in [-0.05, 0) is 52.3 Å². The molecule has 0 radical (unpaired) electrons. The van der Waals surface area contributed by atoms with Crippen LogP contribution in [0.5, 0.6) is 0 Å². The van der Waals surface area contributed by atoms with Gasteiger partial charge in [0.2, 0.25) is 0 Å². The number of hydrogen-bond acceptors (Lipinski definition) is 3. The van der Waals surface area contributed by atoms with Gasteiger partial charge in [-0.15, -0.1) is 0 Å². The molecule has 0 fully saturated rings. The maximum Gasteiger partial charge on any atom is 0.195 e. The number of carbonyl (C=O) groups excluding carboxylic acids is 1. The van der Waals surface area contributed by atoms with Gasteiger partial charge < -0.3 is 10.6 Å². The fourth-order valence-corrected chi connectivity index (χ4v) is 3.52. The molecule has 0 spiro atoms. The molecule has 4 rings (SSSR count). The molecule has 29 heavy (non-hydrogen) atoms. The van der Waals surface area contributed by atoms with Crippen LogP contribution in [0, 0.1) is 0 Å². The molecule has 0 saturated heterocycles. The minimum atomic E-state index is -0.0346. The quantitative estimate of drug-likeness (QED) is 0.311. The van der Waals surface area contributed by atoms with Crippen LogP contribution in [0.4, 0.5) is 22.7 Å². The molecule has 0 aromatic heterocycles. The van der Waals surface area contributed by atoms with Crippen molar-refractivity contribution in [2.45, 2.75) is 0 Å². The van der Waals surface area contributed by atoms with Crippen LogP contribution in [-0.2, 0) is 0 Å². The van der Waals surface area contributed by atoms with Crippen molar-refractivity contribution in [3.05, 3.63) is 119 Å². The number of carbonyl (C=O) groups is 1. The van der Waals surface area contributed by atoms with Crippen LogP contribution in [0.2, 0.25) is 0 Å². The van der Waals surface area contributed by atoms with Gasteiger partial charge in [0.15, 0.2) is 5.78 Å². The maximum atomic E-state index is 13.3. The zero-order valence-electron chi connectivity index (χ0n) is 15.6. The van der Waals surface area contributed by atoms with E-state index in [0.717, 1.165) is 27.2 Å². The lowest BCUT2D eigenvalue weighted by molar-refractivity contribution is 0.103. The Kier molecular flexibility index (Phi) is 5.73. The Morgan fingerprint density at radius 3 is 1.62 bits per heavy atom. The van der Waals surface area contributed by atoms with Crippen LogP contribution >= 0.6 is 15.9 Å². The van der Waals surface area contributed by atoms with Crippen LogP contribution in [-0.4, -0.2) is 5.78 Å². The second-order valence-corrected chi connectivity index (χ2v) is 7.38. The van der Waals surface area contributed by atoms with Crippen molar-refractivity contribution in [1.82, 2.24) is 0 Å². The molecular weight excluding hydrogens is 424 g/mol. The minimum absolute atomic E-state index is 0.0346. The average Bonchev–Trinajstić information content (AvgIpc) is 2.78. The largest absolute Gasteiger partial charge is 0.353 e. The van der Waals surface area contributed by atoms with E-state index < -0.39 is 0 Å². The Morgan fingerprint density at radius 2 is 1.07 bits per heavy atom. The first kappa shape index (κ1) is 19.0. The standard InChI is InChI=1S/C25H19BrN2O/c26-22-17-16-21(25(29)18-10-4-1-5-11-18)23(27-19-12-6-2-7-13-19)24(22)28-20-14-8-3-9-15-20/h1-17,27-28H. The lowest BCUT2D eigenvalue weighted by Crippen LogP contribution is -2.08. The first-order valence-corrected chi connectivity index (χ1v) is 10.1. The summed E-state index contributed by atoms with van der Waals surface area (Å²) in [5.74, 6) is -0.0346. The summed E-state index contributed by atoms with van der Waals surface area (Å²) < 4.78 is 0.865. The number of anilines is 4. The highest BCUT2D eigenvalue weighted by Crippen LogP contribution is 2.38. The molecule has 0 aliphatic rings. The summed E-state index contributed by atoms with van der Waals surface area (Å²) in [6.45, 7) is 0. The molecule has 4 aromatic carbocycles. The highest BCUT2D eigenvalue weighted by molar-refractivity contribution is 9.10. The van der Waals surface area contributed by atoms with E-state index in [0.29, 0.717) is 11.1 Å². The number of halogens is 1. The third-order valence-corrected chi connectivity index (χ3v) is 5.18. The molecule has 0 unspecified atom stereocenters. The molecule has 0 bridgehead atoms. The van der Waals surface area contributed by atoms with E-state index in [9.17, 15) is 4.79 Å². The number of benzene rings is 4. The summed E-state index contributed by atoms with van der Waals surface area (Å²) >= 11 is 3.64. The van der Waals surface area contributed by atoms with Crippen LogP contribution in [0.1, 0.15) is 15.9 Å². The Bertz CT molecular complexity index is 1110. The average molecular weight is 443 g/mol. The fourth-order valence-electron chi connectivity index (χ4n) is 3.10. The smallest absolute Gasteiger partial charge is 0.195 e. The SMILES string of the molecule is O=C(c1ccccc1)c1ccc(Br)c(Nc2ccccc2)c1Nc1ccccc1. The predicted octanol–water partition coefficient (Wildman–Crippen LogP) is 7.17. The van der Waals surface area contributed by atoms with E-state index in [4.69, 9.17) is 0 Å². The number of rotatable bonds is 6. The molecule has 0 atom stereocenters. The lowest BCUT2D eigenvalue weighted by Gasteiger charge is -2.19. The zero-order chi connectivity index (χ0) is 20.1. The Labute approximate surface area is 178 Å². The zero-order valence-corrected chi connectivity index (χ0v) is 17.2. The topological polar surface area (TPSA) is 41.1 Å². The maximum absolute atomic E-state index is 13.3. The summed E-state index contributed by atoms with van der Waals surface area (Å²) in [6, 6.07) is 32.8. The van der Waals surface area contributed by atoms with Gasteiger partial charge in [-0.1, -0.05) is 66.7 Å². The molecule has 0 amide bonds.